The van der Waals surface area contributed by atoms with Gasteiger partial charge in [-0.25, -0.2) is 0 Å². The molecule has 0 saturated carbocycles. The summed E-state index contributed by atoms with van der Waals surface area (Å²) in [6.07, 6.45) is 2.24. The van der Waals surface area contributed by atoms with Crippen LogP contribution in [0, 0.1) is 0 Å². The molecule has 1 N–H and O–H groups in total. The number of nitrogens with one attached hydrogen (secondary N) is 1. The van der Waals surface area contributed by atoms with Crippen molar-refractivity contribution in [3.05, 3.63) is 35.9 Å². The van der Waals surface area contributed by atoms with Crippen LogP contribution < -0.4 is 5.32 Å². The molecule has 1 saturated heterocycles. The van der Waals surface area contributed by atoms with Gasteiger partial charge in [0.25, 0.3) is 0 Å². The van der Waals surface area contributed by atoms with Gasteiger partial charge in [-0.3, -0.25) is 9.69 Å². The van der Waals surface area contributed by atoms with E-state index in [1.165, 1.54) is 5.56 Å². The molecule has 1 aliphatic heterocycles. The minimum atomic E-state index is 0.0848. The highest BCUT2D eigenvalue weighted by Crippen LogP contribution is 2.13. The number of likely N-dealkylation sites (tertiary alicyclic amines) is 1. The van der Waals surface area contributed by atoms with Gasteiger partial charge in [0, 0.05) is 19.1 Å². The molecular weight excluding hydrogens is 292 g/mol. The molecule has 4 heteroatoms. The van der Waals surface area contributed by atoms with E-state index in [4.69, 9.17) is 0 Å². The van der Waals surface area contributed by atoms with E-state index in [2.05, 4.69) is 50.4 Å². The van der Waals surface area contributed by atoms with Crippen molar-refractivity contribution in [1.29, 1.82) is 0 Å². The Balaban J connectivity index is 1.85. The van der Waals surface area contributed by atoms with Crippen LogP contribution in [0.25, 0.3) is 0 Å². The van der Waals surface area contributed by atoms with Gasteiger partial charge >= 0.3 is 0 Å². The Morgan fingerprint density at radius 3 is 2.89 bits per heavy atom. The number of hydrogen-bond donors (Lipinski definition) is 1. The maximum atomic E-state index is 11.4. The summed E-state index contributed by atoms with van der Waals surface area (Å²) in [6, 6.07) is 10.8. The number of halogens is 1. The molecule has 1 heterocycles. The van der Waals surface area contributed by atoms with Crippen molar-refractivity contribution in [2.75, 3.05) is 18.4 Å². The lowest BCUT2D eigenvalue weighted by Gasteiger charge is -2.33. The van der Waals surface area contributed by atoms with Crippen LogP contribution in [0.15, 0.2) is 30.3 Å². The van der Waals surface area contributed by atoms with Crippen LogP contribution in [-0.2, 0) is 11.3 Å². The molecule has 98 valence electrons. The molecule has 1 aromatic carbocycles. The van der Waals surface area contributed by atoms with E-state index in [-0.39, 0.29) is 5.91 Å². The lowest BCUT2D eigenvalue weighted by atomic mass is 10.0. The number of nitrogens with zero attached hydrogens (tertiary/aromatic N) is 1. The minimum absolute atomic E-state index is 0.0848. The van der Waals surface area contributed by atoms with Crippen molar-refractivity contribution in [3.63, 3.8) is 0 Å². The zero-order valence-corrected chi connectivity index (χ0v) is 12.0. The number of piperidine rings is 1. The van der Waals surface area contributed by atoms with E-state index in [9.17, 15) is 4.79 Å². The lowest BCUT2D eigenvalue weighted by Crippen LogP contribution is -2.47. The van der Waals surface area contributed by atoms with Crippen LogP contribution in [0.4, 0.5) is 0 Å². The van der Waals surface area contributed by atoms with E-state index < -0.39 is 0 Å². The van der Waals surface area contributed by atoms with Gasteiger partial charge in [0.15, 0.2) is 0 Å². The topological polar surface area (TPSA) is 32.3 Å². The van der Waals surface area contributed by atoms with Gasteiger partial charge in [-0.05, 0) is 24.9 Å². The molecule has 2 rings (SSSR count). The lowest BCUT2D eigenvalue weighted by molar-refractivity contribution is -0.119. The number of carbonyl (C=O) groups is 1. The van der Waals surface area contributed by atoms with Crippen LogP contribution in [-0.4, -0.2) is 35.3 Å². The summed E-state index contributed by atoms with van der Waals surface area (Å²) in [5.41, 5.74) is 1.34. The standard InChI is InChI=1S/C14H19BrN2O/c15-9-14(18)16-13-7-4-8-17(11-13)10-12-5-2-1-3-6-12/h1-3,5-6,13H,4,7-11H2,(H,16,18). The van der Waals surface area contributed by atoms with Crippen molar-refractivity contribution in [3.8, 4) is 0 Å². The van der Waals surface area contributed by atoms with Crippen LogP contribution in [0.1, 0.15) is 18.4 Å². The summed E-state index contributed by atoms with van der Waals surface area (Å²) in [6.45, 7) is 3.05. The number of benzene rings is 1. The average molecular weight is 311 g/mol. The average Bonchev–Trinajstić information content (AvgIpc) is 2.40. The van der Waals surface area contributed by atoms with Gasteiger partial charge in [-0.2, -0.15) is 0 Å². The summed E-state index contributed by atoms with van der Waals surface area (Å²) >= 11 is 3.18. The van der Waals surface area contributed by atoms with Crippen LogP contribution in [0.5, 0.6) is 0 Å². The fraction of sp³-hybridized carbons (Fsp3) is 0.500. The summed E-state index contributed by atoms with van der Waals surface area (Å²) in [7, 11) is 0. The van der Waals surface area contributed by atoms with Crippen molar-refractivity contribution in [2.24, 2.45) is 0 Å². The molecule has 0 spiro atoms. The van der Waals surface area contributed by atoms with Crippen molar-refractivity contribution in [1.82, 2.24) is 10.2 Å². The molecule has 1 aliphatic rings. The molecule has 0 radical (unpaired) electrons. The number of alkyl halides is 1. The molecule has 0 aliphatic carbocycles. The molecule has 1 unspecified atom stereocenters. The zero-order chi connectivity index (χ0) is 12.8. The second-order valence-electron chi connectivity index (χ2n) is 4.76. The first-order valence-corrected chi connectivity index (χ1v) is 7.51. The molecule has 0 aromatic heterocycles. The van der Waals surface area contributed by atoms with E-state index in [1.54, 1.807) is 0 Å². The zero-order valence-electron chi connectivity index (χ0n) is 10.4. The first-order valence-electron chi connectivity index (χ1n) is 6.39. The van der Waals surface area contributed by atoms with Crippen LogP contribution >= 0.6 is 15.9 Å². The Kier molecular flexibility index (Phi) is 5.20. The van der Waals surface area contributed by atoms with Crippen molar-refractivity contribution in [2.45, 2.75) is 25.4 Å². The minimum Gasteiger partial charge on any atom is -0.351 e. The SMILES string of the molecule is O=C(CBr)NC1CCCN(Cc2ccccc2)C1. The predicted molar refractivity (Wildman–Crippen MR) is 76.7 cm³/mol. The van der Waals surface area contributed by atoms with Crippen LogP contribution in [0.3, 0.4) is 0 Å². The highest BCUT2D eigenvalue weighted by atomic mass is 79.9. The second kappa shape index (κ2) is 6.90. The quantitative estimate of drug-likeness (QED) is 0.864. The Bertz CT molecular complexity index is 383. The summed E-state index contributed by atoms with van der Waals surface area (Å²) < 4.78 is 0. The molecule has 1 atom stereocenters. The van der Waals surface area contributed by atoms with Crippen LogP contribution in [0.2, 0.25) is 0 Å². The third kappa shape index (κ3) is 4.10. The largest absolute Gasteiger partial charge is 0.351 e. The van der Waals surface area contributed by atoms with Crippen molar-refractivity contribution >= 4 is 21.8 Å². The van der Waals surface area contributed by atoms with Crippen molar-refractivity contribution < 1.29 is 4.79 Å². The molecule has 1 aromatic rings. The Morgan fingerprint density at radius 1 is 1.39 bits per heavy atom. The molecule has 1 amide bonds. The second-order valence-corrected chi connectivity index (χ2v) is 5.32. The highest BCUT2D eigenvalue weighted by molar-refractivity contribution is 9.09. The predicted octanol–water partition coefficient (Wildman–Crippen LogP) is 2.16. The fourth-order valence-corrected chi connectivity index (χ4v) is 2.59. The first-order chi connectivity index (χ1) is 8.78. The molecule has 0 bridgehead atoms. The number of rotatable bonds is 4. The maximum Gasteiger partial charge on any atom is 0.230 e. The first kappa shape index (κ1) is 13.6. The molecular formula is C14H19BrN2O. The normalized spacial score (nSPS) is 20.6. The monoisotopic (exact) mass is 310 g/mol. The Hall–Kier alpha value is -0.870. The van der Waals surface area contributed by atoms with Gasteiger partial charge < -0.3 is 5.32 Å². The third-order valence-corrected chi connectivity index (χ3v) is 3.75. The van der Waals surface area contributed by atoms with E-state index >= 15 is 0 Å². The fourth-order valence-electron chi connectivity index (χ4n) is 2.42. The summed E-state index contributed by atoms with van der Waals surface area (Å²) in [5.74, 6) is 0.0848. The number of amides is 1. The van der Waals surface area contributed by atoms with E-state index in [1.807, 2.05) is 6.07 Å². The maximum absolute atomic E-state index is 11.4. The van der Waals surface area contributed by atoms with Gasteiger partial charge in [0.1, 0.15) is 0 Å². The Labute approximate surface area is 117 Å². The molecule has 18 heavy (non-hydrogen) atoms. The molecule has 3 nitrogen and oxygen atoms in total. The van der Waals surface area contributed by atoms with Gasteiger partial charge in [0.2, 0.25) is 5.91 Å². The number of hydrogen-bond acceptors (Lipinski definition) is 2. The third-order valence-electron chi connectivity index (χ3n) is 3.24. The van der Waals surface area contributed by atoms with E-state index in [0.29, 0.717) is 11.4 Å². The summed E-state index contributed by atoms with van der Waals surface area (Å²) in [5, 5.41) is 3.45. The van der Waals surface area contributed by atoms with Gasteiger partial charge in [-0.15, -0.1) is 0 Å². The smallest absolute Gasteiger partial charge is 0.230 e. The van der Waals surface area contributed by atoms with Gasteiger partial charge in [0.05, 0.1) is 5.33 Å². The van der Waals surface area contributed by atoms with E-state index in [0.717, 1.165) is 32.5 Å². The number of carbonyl (C=O) groups excluding carboxylic acids is 1. The molecule has 1 fully saturated rings. The van der Waals surface area contributed by atoms with Gasteiger partial charge in [-0.1, -0.05) is 46.3 Å². The summed E-state index contributed by atoms with van der Waals surface area (Å²) in [4.78, 5) is 13.8. The highest BCUT2D eigenvalue weighted by Gasteiger charge is 2.20. The Morgan fingerprint density at radius 2 is 2.17 bits per heavy atom.